The number of rotatable bonds is 5. The molecule has 1 aromatic carbocycles. The third-order valence-electron chi connectivity index (χ3n) is 5.58. The van der Waals surface area contributed by atoms with Crippen molar-refractivity contribution < 1.29 is 19.1 Å². The van der Waals surface area contributed by atoms with Gasteiger partial charge in [0, 0.05) is 31.2 Å². The smallest absolute Gasteiger partial charge is 0.409 e. The molecule has 4 heterocycles. The summed E-state index contributed by atoms with van der Waals surface area (Å²) in [6, 6.07) is 10.9. The van der Waals surface area contributed by atoms with Crippen molar-refractivity contribution in [2.75, 3.05) is 32.8 Å². The first-order valence-corrected chi connectivity index (χ1v) is 11.8. The lowest BCUT2D eigenvalue weighted by Gasteiger charge is -2.38. The minimum Gasteiger partial charge on any atom is -0.492 e. The molecule has 1 aliphatic rings. The number of halogens is 1. The Balaban J connectivity index is 1.48. The van der Waals surface area contributed by atoms with Crippen molar-refractivity contribution in [3.63, 3.8) is 0 Å². The van der Waals surface area contributed by atoms with E-state index in [4.69, 9.17) is 20.8 Å². The molecule has 172 valence electrons. The SMILES string of the molecule is CCOC(=O)N1CCN(C(c2ccc(Cl)cc2)c2sc3nc(-c4ccco4)nn3c2O)CC1. The molecule has 1 aliphatic heterocycles. The summed E-state index contributed by atoms with van der Waals surface area (Å²) in [5, 5.41) is 16.2. The first kappa shape index (κ1) is 21.7. The quantitative estimate of drug-likeness (QED) is 0.449. The van der Waals surface area contributed by atoms with Crippen LogP contribution in [0, 0.1) is 0 Å². The van der Waals surface area contributed by atoms with Gasteiger partial charge in [-0.05, 0) is 36.8 Å². The van der Waals surface area contributed by atoms with E-state index in [0.717, 1.165) is 10.4 Å². The first-order chi connectivity index (χ1) is 16.0. The number of hydrogen-bond donors (Lipinski definition) is 1. The van der Waals surface area contributed by atoms with E-state index in [-0.39, 0.29) is 18.0 Å². The number of aromatic nitrogens is 3. The summed E-state index contributed by atoms with van der Waals surface area (Å²) in [5.41, 5.74) is 0.982. The molecule has 5 rings (SSSR count). The molecule has 0 radical (unpaired) electrons. The number of hydrogen-bond acceptors (Lipinski definition) is 8. The Morgan fingerprint density at radius 1 is 1.24 bits per heavy atom. The van der Waals surface area contributed by atoms with E-state index in [0.29, 0.717) is 54.4 Å². The molecule has 9 nitrogen and oxygen atoms in total. The highest BCUT2D eigenvalue weighted by Crippen LogP contribution is 2.41. The summed E-state index contributed by atoms with van der Waals surface area (Å²) in [6.07, 6.45) is 1.26. The van der Waals surface area contributed by atoms with Crippen LogP contribution in [-0.2, 0) is 4.74 Å². The van der Waals surface area contributed by atoms with Crippen molar-refractivity contribution in [1.29, 1.82) is 0 Å². The number of ether oxygens (including phenoxy) is 1. The fourth-order valence-electron chi connectivity index (χ4n) is 3.99. The van der Waals surface area contributed by atoms with Crippen LogP contribution in [0.4, 0.5) is 4.79 Å². The number of fused-ring (bicyclic) bond motifs is 1. The van der Waals surface area contributed by atoms with E-state index in [1.807, 2.05) is 24.3 Å². The molecule has 1 amide bonds. The molecule has 11 heteroatoms. The number of amides is 1. The number of carbonyl (C=O) groups excluding carboxylic acids is 1. The first-order valence-electron chi connectivity index (χ1n) is 10.6. The zero-order valence-electron chi connectivity index (χ0n) is 17.8. The minimum absolute atomic E-state index is 0.0353. The summed E-state index contributed by atoms with van der Waals surface area (Å²) < 4.78 is 12.0. The molecule has 0 aliphatic carbocycles. The summed E-state index contributed by atoms with van der Waals surface area (Å²) in [7, 11) is 0. The Morgan fingerprint density at radius 2 is 2.00 bits per heavy atom. The van der Waals surface area contributed by atoms with Gasteiger partial charge in [-0.25, -0.2) is 4.79 Å². The zero-order valence-corrected chi connectivity index (χ0v) is 19.4. The molecular weight excluding hydrogens is 466 g/mol. The summed E-state index contributed by atoms with van der Waals surface area (Å²) in [6.45, 7) is 4.46. The summed E-state index contributed by atoms with van der Waals surface area (Å²) >= 11 is 7.50. The lowest BCUT2D eigenvalue weighted by molar-refractivity contribution is 0.0715. The predicted molar refractivity (Wildman–Crippen MR) is 124 cm³/mol. The molecule has 1 saturated heterocycles. The predicted octanol–water partition coefficient (Wildman–Crippen LogP) is 4.27. The number of carbonyl (C=O) groups is 1. The molecule has 0 saturated carbocycles. The van der Waals surface area contributed by atoms with Crippen LogP contribution in [0.25, 0.3) is 16.5 Å². The Hall–Kier alpha value is -3.08. The molecule has 0 bridgehead atoms. The Kier molecular flexibility index (Phi) is 5.96. The number of piperazine rings is 1. The second-order valence-corrected chi connectivity index (χ2v) is 9.02. The Bertz CT molecular complexity index is 1250. The maximum absolute atomic E-state index is 12.1. The monoisotopic (exact) mass is 487 g/mol. The number of benzene rings is 1. The highest BCUT2D eigenvalue weighted by Gasteiger charge is 2.33. The number of thiazole rings is 1. The second-order valence-electron chi connectivity index (χ2n) is 7.57. The van der Waals surface area contributed by atoms with Gasteiger partial charge in [0.25, 0.3) is 0 Å². The minimum atomic E-state index is -0.299. The summed E-state index contributed by atoms with van der Waals surface area (Å²) in [4.78, 5) is 21.9. The standard InChI is InChI=1S/C22H22ClN5O4S/c1-2-31-22(30)27-11-9-26(10-12-27)17(14-5-7-15(23)8-6-14)18-20(29)28-21(33-18)24-19(25-28)16-4-3-13-32-16/h3-8,13,17,29H,2,9-12H2,1H3. The molecule has 1 atom stereocenters. The number of aromatic hydroxyl groups is 1. The average molecular weight is 488 g/mol. The van der Waals surface area contributed by atoms with E-state index in [1.54, 1.807) is 30.2 Å². The van der Waals surface area contributed by atoms with Crippen LogP contribution in [0.5, 0.6) is 5.88 Å². The van der Waals surface area contributed by atoms with Crippen LogP contribution in [0.1, 0.15) is 23.4 Å². The van der Waals surface area contributed by atoms with Crippen LogP contribution >= 0.6 is 22.9 Å². The molecule has 1 unspecified atom stereocenters. The molecule has 33 heavy (non-hydrogen) atoms. The van der Waals surface area contributed by atoms with E-state index in [9.17, 15) is 9.90 Å². The van der Waals surface area contributed by atoms with Gasteiger partial charge in [0.1, 0.15) is 0 Å². The molecular formula is C22H22ClN5O4S. The van der Waals surface area contributed by atoms with Crippen LogP contribution in [0.2, 0.25) is 5.02 Å². The molecule has 4 aromatic rings. The van der Waals surface area contributed by atoms with Crippen molar-refractivity contribution in [3.8, 4) is 17.5 Å². The second kappa shape index (κ2) is 9.05. The maximum atomic E-state index is 12.1. The lowest BCUT2D eigenvalue weighted by Crippen LogP contribution is -2.49. The molecule has 0 spiro atoms. The van der Waals surface area contributed by atoms with Crippen molar-refractivity contribution in [2.45, 2.75) is 13.0 Å². The summed E-state index contributed by atoms with van der Waals surface area (Å²) in [5.74, 6) is 0.989. The lowest BCUT2D eigenvalue weighted by atomic mass is 10.0. The number of nitrogens with zero attached hydrogens (tertiary/aromatic N) is 5. The molecule has 1 N–H and O–H groups in total. The maximum Gasteiger partial charge on any atom is 0.409 e. The van der Waals surface area contributed by atoms with Crippen LogP contribution in [0.3, 0.4) is 0 Å². The van der Waals surface area contributed by atoms with E-state index < -0.39 is 0 Å². The molecule has 1 fully saturated rings. The number of furan rings is 1. The van der Waals surface area contributed by atoms with E-state index >= 15 is 0 Å². The van der Waals surface area contributed by atoms with Crippen LogP contribution in [0.15, 0.2) is 47.1 Å². The zero-order chi connectivity index (χ0) is 22.9. The van der Waals surface area contributed by atoms with Crippen molar-refractivity contribution in [1.82, 2.24) is 24.4 Å². The highest BCUT2D eigenvalue weighted by molar-refractivity contribution is 7.17. The van der Waals surface area contributed by atoms with Gasteiger partial charge in [0.2, 0.25) is 16.7 Å². The molecule has 3 aromatic heterocycles. The van der Waals surface area contributed by atoms with Gasteiger partial charge >= 0.3 is 6.09 Å². The van der Waals surface area contributed by atoms with Crippen molar-refractivity contribution >= 4 is 34.0 Å². The van der Waals surface area contributed by atoms with Gasteiger partial charge in [-0.15, -0.1) is 5.10 Å². The topological polar surface area (TPSA) is 96.3 Å². The van der Waals surface area contributed by atoms with Crippen molar-refractivity contribution in [2.24, 2.45) is 0 Å². The van der Waals surface area contributed by atoms with Crippen molar-refractivity contribution in [3.05, 3.63) is 58.1 Å². The third kappa shape index (κ3) is 4.17. The van der Waals surface area contributed by atoms with E-state index in [2.05, 4.69) is 15.0 Å². The van der Waals surface area contributed by atoms with Gasteiger partial charge < -0.3 is 19.2 Å². The Labute approximate surface area is 198 Å². The van der Waals surface area contributed by atoms with Gasteiger partial charge in [-0.2, -0.15) is 9.50 Å². The fraction of sp³-hybridized carbons (Fsp3) is 0.318. The fourth-order valence-corrected chi connectivity index (χ4v) is 5.23. The third-order valence-corrected chi connectivity index (χ3v) is 6.91. The van der Waals surface area contributed by atoms with E-state index in [1.165, 1.54) is 15.9 Å². The van der Waals surface area contributed by atoms with Crippen LogP contribution < -0.4 is 0 Å². The van der Waals surface area contributed by atoms with Gasteiger partial charge in [-0.1, -0.05) is 35.1 Å². The normalized spacial score (nSPS) is 15.8. The van der Waals surface area contributed by atoms with Gasteiger partial charge in [0.15, 0.2) is 5.76 Å². The van der Waals surface area contributed by atoms with Gasteiger partial charge in [0.05, 0.1) is 23.8 Å². The Morgan fingerprint density at radius 3 is 2.64 bits per heavy atom. The average Bonchev–Trinajstić information content (AvgIpc) is 3.55. The highest BCUT2D eigenvalue weighted by atomic mass is 35.5. The largest absolute Gasteiger partial charge is 0.492 e. The van der Waals surface area contributed by atoms with Gasteiger partial charge in [-0.3, -0.25) is 4.90 Å². The van der Waals surface area contributed by atoms with Crippen LogP contribution in [-0.4, -0.2) is 68.4 Å².